The third kappa shape index (κ3) is 4.11. The monoisotopic (exact) mass is 431 g/mol. The predicted molar refractivity (Wildman–Crippen MR) is 120 cm³/mol. The molecule has 1 aliphatic heterocycles. The second-order valence-corrected chi connectivity index (χ2v) is 8.63. The van der Waals surface area contributed by atoms with Gasteiger partial charge in [0.15, 0.2) is 0 Å². The van der Waals surface area contributed by atoms with Crippen molar-refractivity contribution in [2.24, 2.45) is 5.92 Å². The van der Waals surface area contributed by atoms with Crippen LogP contribution < -0.4 is 5.56 Å². The van der Waals surface area contributed by atoms with Crippen LogP contribution in [0.25, 0.3) is 21.5 Å². The van der Waals surface area contributed by atoms with Gasteiger partial charge in [0.1, 0.15) is 0 Å². The predicted octanol–water partition coefficient (Wildman–Crippen LogP) is 3.47. The lowest BCUT2D eigenvalue weighted by Gasteiger charge is -2.32. The van der Waals surface area contributed by atoms with Gasteiger partial charge in [-0.15, -0.1) is 11.3 Å². The van der Waals surface area contributed by atoms with Crippen LogP contribution in [0.15, 0.2) is 65.2 Å². The number of hydrogen-bond donors (Lipinski definition) is 0. The first kappa shape index (κ1) is 19.6. The molecule has 3 aromatic heterocycles. The molecule has 5 rings (SSSR count). The van der Waals surface area contributed by atoms with E-state index in [0.29, 0.717) is 31.1 Å². The van der Waals surface area contributed by atoms with Gasteiger partial charge < -0.3 is 4.90 Å². The highest BCUT2D eigenvalue weighted by Crippen LogP contribution is 2.23. The number of likely N-dealkylation sites (tertiary alicyclic amines) is 1. The molecular formula is C23H21N5O2S. The van der Waals surface area contributed by atoms with E-state index in [-0.39, 0.29) is 11.5 Å². The Morgan fingerprint density at radius 1 is 1.06 bits per heavy atom. The van der Waals surface area contributed by atoms with Gasteiger partial charge in [-0.05, 0) is 55.2 Å². The summed E-state index contributed by atoms with van der Waals surface area (Å²) in [5.41, 5.74) is 5.01. The van der Waals surface area contributed by atoms with Crippen molar-refractivity contribution in [1.82, 2.24) is 24.6 Å². The summed E-state index contributed by atoms with van der Waals surface area (Å²) in [7, 11) is 0. The molecule has 0 atom stereocenters. The summed E-state index contributed by atoms with van der Waals surface area (Å²) in [6.07, 6.45) is 5.13. The van der Waals surface area contributed by atoms with Crippen molar-refractivity contribution in [3.05, 3.63) is 76.3 Å². The van der Waals surface area contributed by atoms with E-state index in [1.807, 2.05) is 35.2 Å². The minimum Gasteiger partial charge on any atom is -0.339 e. The first-order chi connectivity index (χ1) is 15.2. The smallest absolute Gasteiger partial charge is 0.266 e. The van der Waals surface area contributed by atoms with E-state index < -0.39 is 0 Å². The average molecular weight is 432 g/mol. The summed E-state index contributed by atoms with van der Waals surface area (Å²) in [5.74, 6) is 0.370. The number of carbonyl (C=O) groups is 1. The minimum absolute atomic E-state index is 0.0590. The van der Waals surface area contributed by atoms with Crippen molar-refractivity contribution in [2.75, 3.05) is 13.1 Å². The molecule has 1 amide bonds. The summed E-state index contributed by atoms with van der Waals surface area (Å²) in [5, 5.41) is 4.55. The van der Waals surface area contributed by atoms with Gasteiger partial charge in [-0.2, -0.15) is 5.10 Å². The maximum absolute atomic E-state index is 12.9. The summed E-state index contributed by atoms with van der Waals surface area (Å²) >= 11 is 1.54. The van der Waals surface area contributed by atoms with Crippen LogP contribution in [0.1, 0.15) is 23.2 Å². The molecule has 0 bridgehead atoms. The highest BCUT2D eigenvalue weighted by Gasteiger charge is 2.24. The zero-order chi connectivity index (χ0) is 21.2. The first-order valence-electron chi connectivity index (χ1n) is 10.3. The molecule has 4 aromatic rings. The molecule has 0 aliphatic carbocycles. The molecule has 0 unspecified atom stereocenters. The third-order valence-corrected chi connectivity index (χ3v) is 6.55. The fourth-order valence-corrected chi connectivity index (χ4v) is 4.71. The van der Waals surface area contributed by atoms with Crippen LogP contribution >= 0.6 is 11.3 Å². The Kier molecular flexibility index (Phi) is 5.30. The van der Waals surface area contributed by atoms with Crippen molar-refractivity contribution >= 4 is 27.5 Å². The number of benzene rings is 1. The Morgan fingerprint density at radius 2 is 1.87 bits per heavy atom. The number of nitrogens with zero attached hydrogens (tertiary/aromatic N) is 5. The number of aromatic nitrogens is 4. The van der Waals surface area contributed by atoms with Gasteiger partial charge in [-0.3, -0.25) is 14.6 Å². The molecule has 0 spiro atoms. The first-order valence-corrected chi connectivity index (χ1v) is 11.2. The van der Waals surface area contributed by atoms with Crippen LogP contribution in [0.3, 0.4) is 0 Å². The summed E-state index contributed by atoms with van der Waals surface area (Å²) in [6.45, 7) is 1.93. The number of amides is 1. The zero-order valence-corrected chi connectivity index (χ0v) is 17.7. The van der Waals surface area contributed by atoms with Crippen molar-refractivity contribution in [3.63, 3.8) is 0 Å². The lowest BCUT2D eigenvalue weighted by Crippen LogP contribution is -2.40. The molecule has 4 heterocycles. The number of rotatable bonds is 4. The SMILES string of the molecule is O=C(c1ccc2ncsc2c1)N1CCC(Cn2nc(-c3ccncc3)ccc2=O)CC1. The number of hydrogen-bond acceptors (Lipinski definition) is 6. The van der Waals surface area contributed by atoms with E-state index in [0.717, 1.165) is 34.3 Å². The Morgan fingerprint density at radius 3 is 2.68 bits per heavy atom. The van der Waals surface area contributed by atoms with Gasteiger partial charge in [-0.1, -0.05) is 0 Å². The molecule has 1 aromatic carbocycles. The lowest BCUT2D eigenvalue weighted by atomic mass is 9.96. The van der Waals surface area contributed by atoms with Crippen molar-refractivity contribution < 1.29 is 4.79 Å². The molecule has 0 radical (unpaired) electrons. The topological polar surface area (TPSA) is 81.0 Å². The molecule has 0 N–H and O–H groups in total. The Hall–Kier alpha value is -3.39. The quantitative estimate of drug-likeness (QED) is 0.494. The van der Waals surface area contributed by atoms with E-state index in [1.165, 1.54) is 0 Å². The molecule has 8 heteroatoms. The molecule has 156 valence electrons. The van der Waals surface area contributed by atoms with Crippen molar-refractivity contribution in [3.8, 4) is 11.3 Å². The van der Waals surface area contributed by atoms with E-state index in [9.17, 15) is 9.59 Å². The number of thiazole rings is 1. The maximum atomic E-state index is 12.9. The second kappa shape index (κ2) is 8.39. The van der Waals surface area contributed by atoms with E-state index in [1.54, 1.807) is 46.1 Å². The van der Waals surface area contributed by atoms with Crippen molar-refractivity contribution in [1.29, 1.82) is 0 Å². The molecule has 31 heavy (non-hydrogen) atoms. The lowest BCUT2D eigenvalue weighted by molar-refractivity contribution is 0.0680. The maximum Gasteiger partial charge on any atom is 0.266 e. The fourth-order valence-electron chi connectivity index (χ4n) is 3.99. The average Bonchev–Trinajstić information content (AvgIpc) is 3.29. The van der Waals surface area contributed by atoms with Crippen LogP contribution in [-0.4, -0.2) is 43.6 Å². The standard InChI is InChI=1S/C23H21N5O2S/c29-22-4-3-19(17-5-9-24-10-6-17)26-28(22)14-16-7-11-27(12-8-16)23(30)18-1-2-20-21(13-18)31-15-25-20/h1-6,9-10,13,15-16H,7-8,11-12,14H2. The molecule has 1 fully saturated rings. The summed E-state index contributed by atoms with van der Waals surface area (Å²) in [6, 6.07) is 12.8. The van der Waals surface area contributed by atoms with Crippen LogP contribution in [0.5, 0.6) is 0 Å². The number of piperidine rings is 1. The van der Waals surface area contributed by atoms with Gasteiger partial charge in [0.05, 0.1) is 21.4 Å². The number of pyridine rings is 1. The molecule has 0 saturated carbocycles. The summed E-state index contributed by atoms with van der Waals surface area (Å²) < 4.78 is 2.58. The Balaban J connectivity index is 1.25. The largest absolute Gasteiger partial charge is 0.339 e. The van der Waals surface area contributed by atoms with Gasteiger partial charge in [0.2, 0.25) is 0 Å². The normalized spacial score (nSPS) is 14.8. The van der Waals surface area contributed by atoms with E-state index >= 15 is 0 Å². The third-order valence-electron chi connectivity index (χ3n) is 5.75. The van der Waals surface area contributed by atoms with Gasteiger partial charge in [0.25, 0.3) is 11.5 Å². The van der Waals surface area contributed by atoms with Crippen molar-refractivity contribution in [2.45, 2.75) is 19.4 Å². The van der Waals surface area contributed by atoms with Crippen LogP contribution in [0, 0.1) is 5.92 Å². The second-order valence-electron chi connectivity index (χ2n) is 7.75. The van der Waals surface area contributed by atoms with E-state index in [4.69, 9.17) is 0 Å². The van der Waals surface area contributed by atoms with Gasteiger partial charge >= 0.3 is 0 Å². The minimum atomic E-state index is -0.103. The fraction of sp³-hybridized carbons (Fsp3) is 0.261. The van der Waals surface area contributed by atoms with Crippen LogP contribution in [0.4, 0.5) is 0 Å². The van der Waals surface area contributed by atoms with Gasteiger partial charge in [-0.25, -0.2) is 9.67 Å². The molecular weight excluding hydrogens is 410 g/mol. The van der Waals surface area contributed by atoms with Crippen LogP contribution in [-0.2, 0) is 6.54 Å². The number of carbonyl (C=O) groups excluding carboxylic acids is 1. The molecule has 1 saturated heterocycles. The highest BCUT2D eigenvalue weighted by molar-refractivity contribution is 7.16. The zero-order valence-electron chi connectivity index (χ0n) is 16.8. The summed E-state index contributed by atoms with van der Waals surface area (Å²) in [4.78, 5) is 35.5. The number of fused-ring (bicyclic) bond motifs is 1. The Bertz CT molecular complexity index is 1280. The van der Waals surface area contributed by atoms with Crippen LogP contribution in [0.2, 0.25) is 0 Å². The van der Waals surface area contributed by atoms with E-state index in [2.05, 4.69) is 15.1 Å². The van der Waals surface area contributed by atoms with Gasteiger partial charge in [0, 0.05) is 49.2 Å². The highest BCUT2D eigenvalue weighted by atomic mass is 32.1. The molecule has 1 aliphatic rings. The Labute approximate surface area is 183 Å². The molecule has 7 nitrogen and oxygen atoms in total.